The highest BCUT2D eigenvalue weighted by Gasteiger charge is 2.36. The summed E-state index contributed by atoms with van der Waals surface area (Å²) >= 11 is 0. The van der Waals surface area contributed by atoms with Crippen LogP contribution in [0.25, 0.3) is 0 Å². The summed E-state index contributed by atoms with van der Waals surface area (Å²) in [6.45, 7) is 6.05. The molecule has 24 heavy (non-hydrogen) atoms. The van der Waals surface area contributed by atoms with Crippen LogP contribution in [0.2, 0.25) is 0 Å². The normalized spacial score (nSPS) is 18.3. The number of carbonyl (C=O) groups excluding carboxylic acids is 2. The van der Waals surface area contributed by atoms with Gasteiger partial charge in [0, 0.05) is 12.5 Å². The quantitative estimate of drug-likeness (QED) is 0.237. The highest BCUT2D eigenvalue weighted by atomic mass is 16.6. The lowest BCUT2D eigenvalue weighted by Gasteiger charge is -2.27. The van der Waals surface area contributed by atoms with Crippen LogP contribution < -0.4 is 0 Å². The predicted octanol–water partition coefficient (Wildman–Crippen LogP) is 2.09. The first-order valence-electron chi connectivity index (χ1n) is 8.17. The lowest BCUT2D eigenvalue weighted by atomic mass is 9.81. The Balaban J connectivity index is 2.45. The van der Waals surface area contributed by atoms with Crippen molar-refractivity contribution in [2.45, 2.75) is 51.6 Å². The fourth-order valence-electron chi connectivity index (χ4n) is 2.24. The minimum Gasteiger partial charge on any atom is -0.481 e. The van der Waals surface area contributed by atoms with E-state index >= 15 is 0 Å². The number of carboxylic acids is 1. The van der Waals surface area contributed by atoms with Crippen molar-refractivity contribution < 1.29 is 33.7 Å². The Hall–Kier alpha value is -1.89. The molecule has 2 atom stereocenters. The van der Waals surface area contributed by atoms with Crippen LogP contribution >= 0.6 is 0 Å². The summed E-state index contributed by atoms with van der Waals surface area (Å²) in [4.78, 5) is 34.0. The summed E-state index contributed by atoms with van der Waals surface area (Å²) in [5, 5.41) is 8.64. The lowest BCUT2D eigenvalue weighted by Crippen LogP contribution is -2.32. The van der Waals surface area contributed by atoms with Crippen LogP contribution in [0.1, 0.15) is 45.4 Å². The molecule has 0 aromatic heterocycles. The van der Waals surface area contributed by atoms with Gasteiger partial charge < -0.3 is 19.3 Å². The van der Waals surface area contributed by atoms with Crippen LogP contribution in [0.15, 0.2) is 12.7 Å². The third-order valence-electron chi connectivity index (χ3n) is 3.98. The highest BCUT2D eigenvalue weighted by molar-refractivity contribution is 5.81. The Kier molecular flexibility index (Phi) is 8.46. The molecule has 1 saturated heterocycles. The molecule has 1 aliphatic rings. The summed E-state index contributed by atoms with van der Waals surface area (Å²) in [5.41, 5.74) is -0.778. The number of ether oxygens (including phenoxy) is 3. The number of carboxylic acid groups (broad SMARTS) is 1. The molecule has 0 aliphatic carbocycles. The van der Waals surface area contributed by atoms with Gasteiger partial charge in [0.2, 0.25) is 0 Å². The van der Waals surface area contributed by atoms with Gasteiger partial charge in [0.1, 0.15) is 12.7 Å². The standard InChI is InChI=1S/C17H26O7/c1-3-15(20)22-10-9-17(2,8-6-4-5-7-14(18)19)16(21)24-12-13-11-23-13/h3,13H,1,4-12H2,2H3,(H,18,19). The number of rotatable bonds is 13. The fraction of sp³-hybridized carbons (Fsp3) is 0.706. The van der Waals surface area contributed by atoms with E-state index < -0.39 is 17.4 Å². The van der Waals surface area contributed by atoms with Crippen LogP contribution in [0.5, 0.6) is 0 Å². The number of aliphatic carboxylic acids is 1. The topological polar surface area (TPSA) is 102 Å². The largest absolute Gasteiger partial charge is 0.481 e. The zero-order valence-electron chi connectivity index (χ0n) is 14.1. The van der Waals surface area contributed by atoms with Gasteiger partial charge in [0.15, 0.2) is 0 Å². The molecule has 2 unspecified atom stereocenters. The molecule has 7 nitrogen and oxygen atoms in total. The Morgan fingerprint density at radius 1 is 1.25 bits per heavy atom. The second-order valence-electron chi connectivity index (χ2n) is 6.19. The molecule has 1 aliphatic heterocycles. The second-order valence-corrected chi connectivity index (χ2v) is 6.19. The molecule has 0 amide bonds. The van der Waals surface area contributed by atoms with Crippen LogP contribution in [-0.2, 0) is 28.6 Å². The molecule has 1 fully saturated rings. The van der Waals surface area contributed by atoms with Gasteiger partial charge in [0.05, 0.1) is 18.6 Å². The SMILES string of the molecule is C=CC(=O)OCCC(C)(CCCCCC(=O)O)C(=O)OCC1CO1. The molecule has 1 heterocycles. The number of carbonyl (C=O) groups is 3. The van der Waals surface area contributed by atoms with Gasteiger partial charge in [0.25, 0.3) is 0 Å². The van der Waals surface area contributed by atoms with Gasteiger partial charge in [-0.3, -0.25) is 9.59 Å². The number of epoxide rings is 1. The van der Waals surface area contributed by atoms with Crippen molar-refractivity contribution in [3.8, 4) is 0 Å². The molecular formula is C17H26O7. The zero-order valence-corrected chi connectivity index (χ0v) is 14.1. The smallest absolute Gasteiger partial charge is 0.330 e. The maximum atomic E-state index is 12.4. The monoisotopic (exact) mass is 342 g/mol. The molecule has 0 saturated carbocycles. The summed E-state index contributed by atoms with van der Waals surface area (Å²) in [5.74, 6) is -1.69. The van der Waals surface area contributed by atoms with E-state index in [9.17, 15) is 14.4 Å². The molecule has 1 rings (SSSR count). The van der Waals surface area contributed by atoms with E-state index in [-0.39, 0.29) is 31.7 Å². The molecule has 0 spiro atoms. The first-order valence-corrected chi connectivity index (χ1v) is 8.17. The van der Waals surface area contributed by atoms with E-state index in [1.165, 1.54) is 0 Å². The second kappa shape index (κ2) is 10.1. The van der Waals surface area contributed by atoms with Crippen molar-refractivity contribution >= 4 is 17.9 Å². The maximum absolute atomic E-state index is 12.4. The third kappa shape index (κ3) is 8.10. The van der Waals surface area contributed by atoms with E-state index in [1.807, 2.05) is 0 Å². The van der Waals surface area contributed by atoms with Gasteiger partial charge in [-0.1, -0.05) is 19.4 Å². The van der Waals surface area contributed by atoms with Crippen LogP contribution in [0, 0.1) is 5.41 Å². The molecule has 7 heteroatoms. The third-order valence-corrected chi connectivity index (χ3v) is 3.98. The van der Waals surface area contributed by atoms with Crippen molar-refractivity contribution in [1.29, 1.82) is 0 Å². The summed E-state index contributed by atoms with van der Waals surface area (Å²) in [6.07, 6.45) is 4.07. The first kappa shape index (κ1) is 20.2. The van der Waals surface area contributed by atoms with Crippen molar-refractivity contribution in [2.75, 3.05) is 19.8 Å². The summed E-state index contributed by atoms with van der Waals surface area (Å²) in [7, 11) is 0. The highest BCUT2D eigenvalue weighted by Crippen LogP contribution is 2.31. The van der Waals surface area contributed by atoms with E-state index in [1.54, 1.807) is 6.92 Å². The van der Waals surface area contributed by atoms with Gasteiger partial charge >= 0.3 is 17.9 Å². The summed E-state index contributed by atoms with van der Waals surface area (Å²) < 4.78 is 15.3. The lowest BCUT2D eigenvalue weighted by molar-refractivity contribution is -0.158. The summed E-state index contributed by atoms with van der Waals surface area (Å²) in [6, 6.07) is 0. The van der Waals surface area contributed by atoms with Gasteiger partial charge in [-0.25, -0.2) is 4.79 Å². The Morgan fingerprint density at radius 2 is 1.96 bits per heavy atom. The van der Waals surface area contributed by atoms with Crippen LogP contribution in [-0.4, -0.2) is 48.9 Å². The van der Waals surface area contributed by atoms with E-state index in [0.29, 0.717) is 38.7 Å². The van der Waals surface area contributed by atoms with E-state index in [0.717, 1.165) is 6.08 Å². The van der Waals surface area contributed by atoms with Crippen molar-refractivity contribution in [3.63, 3.8) is 0 Å². The minimum atomic E-state index is -0.821. The number of hydrogen-bond acceptors (Lipinski definition) is 6. The Bertz CT molecular complexity index is 456. The number of esters is 2. The molecule has 136 valence electrons. The molecule has 1 N–H and O–H groups in total. The van der Waals surface area contributed by atoms with Crippen LogP contribution in [0.3, 0.4) is 0 Å². The fourth-order valence-corrected chi connectivity index (χ4v) is 2.24. The number of hydrogen-bond donors (Lipinski definition) is 1. The van der Waals surface area contributed by atoms with Crippen molar-refractivity contribution in [1.82, 2.24) is 0 Å². The zero-order chi connectivity index (χ0) is 18.0. The molecule has 0 radical (unpaired) electrons. The van der Waals surface area contributed by atoms with Crippen molar-refractivity contribution in [3.05, 3.63) is 12.7 Å². The maximum Gasteiger partial charge on any atom is 0.330 e. The van der Waals surface area contributed by atoms with Gasteiger partial charge in [-0.05, 0) is 26.2 Å². The average molecular weight is 342 g/mol. The number of unbranched alkanes of at least 4 members (excludes halogenated alkanes) is 2. The minimum absolute atomic E-state index is 0.00707. The average Bonchev–Trinajstić information content (AvgIpc) is 3.36. The van der Waals surface area contributed by atoms with Gasteiger partial charge in [-0.15, -0.1) is 0 Å². The first-order chi connectivity index (χ1) is 11.4. The molecule has 0 aromatic rings. The predicted molar refractivity (Wildman–Crippen MR) is 85.3 cm³/mol. The van der Waals surface area contributed by atoms with E-state index in [4.69, 9.17) is 19.3 Å². The Labute approximate surface area is 142 Å². The molecule has 0 aromatic carbocycles. The Morgan fingerprint density at radius 3 is 2.54 bits per heavy atom. The molecular weight excluding hydrogens is 316 g/mol. The van der Waals surface area contributed by atoms with Crippen LogP contribution in [0.4, 0.5) is 0 Å². The van der Waals surface area contributed by atoms with Gasteiger partial charge in [-0.2, -0.15) is 0 Å². The molecule has 0 bridgehead atoms. The van der Waals surface area contributed by atoms with Crippen molar-refractivity contribution in [2.24, 2.45) is 5.41 Å². The van der Waals surface area contributed by atoms with E-state index in [2.05, 4.69) is 6.58 Å².